The highest BCUT2D eigenvalue weighted by molar-refractivity contribution is 9.10. The van der Waals surface area contributed by atoms with Gasteiger partial charge in [-0.1, -0.05) is 22.9 Å². The molecule has 2 aromatic rings. The lowest BCUT2D eigenvalue weighted by molar-refractivity contribution is 0.0613. The molecule has 0 bridgehead atoms. The number of halogens is 1. The maximum Gasteiger partial charge on any atom is 0.289 e. The average molecular weight is 351 g/mol. The van der Waals surface area contributed by atoms with Crippen LogP contribution in [0.4, 0.5) is 0 Å². The van der Waals surface area contributed by atoms with Crippen LogP contribution in [0.1, 0.15) is 23.0 Å². The lowest BCUT2D eigenvalue weighted by Gasteiger charge is -2.33. The standard InChI is InChI=1S/C16H19BrN2O2/c1-3-18-6-8-19(9-7-18)16(20)15-11(2)13-10-12(17)4-5-14(13)21-15/h4-5,10H,3,6-9H2,1-2H3. The monoisotopic (exact) mass is 350 g/mol. The molecule has 0 N–H and O–H groups in total. The van der Waals surface area contributed by atoms with E-state index in [-0.39, 0.29) is 5.91 Å². The van der Waals surface area contributed by atoms with Crippen molar-refractivity contribution in [2.45, 2.75) is 13.8 Å². The fourth-order valence-corrected chi connectivity index (χ4v) is 3.17. The van der Waals surface area contributed by atoms with E-state index >= 15 is 0 Å². The summed E-state index contributed by atoms with van der Waals surface area (Å²) in [5.74, 6) is 0.489. The molecule has 3 rings (SSSR count). The number of aryl methyl sites for hydroxylation is 1. The Balaban J connectivity index is 1.87. The molecule has 1 aliphatic rings. The minimum atomic E-state index is 0.00979. The van der Waals surface area contributed by atoms with Gasteiger partial charge in [0, 0.05) is 41.6 Å². The first kappa shape index (κ1) is 14.6. The zero-order valence-electron chi connectivity index (χ0n) is 12.4. The molecule has 4 nitrogen and oxygen atoms in total. The Morgan fingerprint density at radius 2 is 2.00 bits per heavy atom. The lowest BCUT2D eigenvalue weighted by atomic mass is 10.1. The number of rotatable bonds is 2. The Hall–Kier alpha value is -1.33. The van der Waals surface area contributed by atoms with Gasteiger partial charge in [0.25, 0.3) is 5.91 Å². The van der Waals surface area contributed by atoms with E-state index < -0.39 is 0 Å². The summed E-state index contributed by atoms with van der Waals surface area (Å²) in [6.45, 7) is 8.56. The number of carbonyl (C=O) groups excluding carboxylic acids is 1. The van der Waals surface area contributed by atoms with Crippen LogP contribution in [-0.2, 0) is 0 Å². The molecule has 21 heavy (non-hydrogen) atoms. The van der Waals surface area contributed by atoms with Gasteiger partial charge in [-0.25, -0.2) is 0 Å². The van der Waals surface area contributed by atoms with Crippen LogP contribution in [0.15, 0.2) is 27.1 Å². The SMILES string of the molecule is CCN1CCN(C(=O)c2oc3ccc(Br)cc3c2C)CC1. The van der Waals surface area contributed by atoms with Gasteiger partial charge >= 0.3 is 0 Å². The normalized spacial score (nSPS) is 16.6. The number of likely N-dealkylation sites (N-methyl/N-ethyl adjacent to an activating group) is 1. The number of amides is 1. The quantitative estimate of drug-likeness (QED) is 0.833. The van der Waals surface area contributed by atoms with E-state index in [2.05, 4.69) is 27.8 Å². The van der Waals surface area contributed by atoms with Crippen molar-refractivity contribution in [2.75, 3.05) is 32.7 Å². The predicted octanol–water partition coefficient (Wildman–Crippen LogP) is 3.28. The van der Waals surface area contributed by atoms with Gasteiger partial charge < -0.3 is 14.2 Å². The molecule has 1 amide bonds. The van der Waals surface area contributed by atoms with Gasteiger partial charge in [-0.05, 0) is 31.7 Å². The molecule has 1 saturated heterocycles. The van der Waals surface area contributed by atoms with Crippen molar-refractivity contribution in [3.63, 3.8) is 0 Å². The molecule has 0 saturated carbocycles. The maximum atomic E-state index is 12.7. The Bertz CT molecular complexity index is 672. The van der Waals surface area contributed by atoms with E-state index in [4.69, 9.17) is 4.42 Å². The van der Waals surface area contributed by atoms with Gasteiger partial charge in [-0.15, -0.1) is 0 Å². The van der Waals surface area contributed by atoms with Crippen LogP contribution in [0.3, 0.4) is 0 Å². The second-order valence-corrected chi connectivity index (χ2v) is 6.34. The Morgan fingerprint density at radius 1 is 1.29 bits per heavy atom. The van der Waals surface area contributed by atoms with Crippen molar-refractivity contribution in [1.82, 2.24) is 9.80 Å². The first-order valence-corrected chi connectivity index (χ1v) is 8.09. The Kier molecular flexibility index (Phi) is 4.04. The van der Waals surface area contributed by atoms with Crippen LogP contribution < -0.4 is 0 Å². The largest absolute Gasteiger partial charge is 0.451 e. The highest BCUT2D eigenvalue weighted by atomic mass is 79.9. The summed E-state index contributed by atoms with van der Waals surface area (Å²) >= 11 is 3.46. The number of nitrogens with zero attached hydrogens (tertiary/aromatic N) is 2. The summed E-state index contributed by atoms with van der Waals surface area (Å²) in [7, 11) is 0. The number of fused-ring (bicyclic) bond motifs is 1. The highest BCUT2D eigenvalue weighted by Crippen LogP contribution is 2.29. The Morgan fingerprint density at radius 3 is 2.67 bits per heavy atom. The average Bonchev–Trinajstić information content (AvgIpc) is 2.83. The summed E-state index contributed by atoms with van der Waals surface area (Å²) in [5.41, 5.74) is 1.69. The minimum Gasteiger partial charge on any atom is -0.451 e. The first-order valence-electron chi connectivity index (χ1n) is 7.30. The van der Waals surface area contributed by atoms with Crippen LogP contribution in [0.2, 0.25) is 0 Å². The van der Waals surface area contributed by atoms with E-state index in [1.54, 1.807) is 0 Å². The van der Waals surface area contributed by atoms with E-state index in [1.807, 2.05) is 30.0 Å². The van der Waals surface area contributed by atoms with E-state index in [9.17, 15) is 4.79 Å². The van der Waals surface area contributed by atoms with Crippen LogP contribution in [0.5, 0.6) is 0 Å². The molecule has 0 aliphatic carbocycles. The van der Waals surface area contributed by atoms with Gasteiger partial charge in [0.05, 0.1) is 0 Å². The predicted molar refractivity (Wildman–Crippen MR) is 86.7 cm³/mol. The third-order valence-corrected chi connectivity index (χ3v) is 4.69. The van der Waals surface area contributed by atoms with Crippen LogP contribution in [0, 0.1) is 6.92 Å². The molecule has 0 unspecified atom stereocenters. The van der Waals surface area contributed by atoms with Crippen molar-refractivity contribution in [3.8, 4) is 0 Å². The summed E-state index contributed by atoms with van der Waals surface area (Å²) in [6.07, 6.45) is 0. The molecular weight excluding hydrogens is 332 g/mol. The summed E-state index contributed by atoms with van der Waals surface area (Å²) in [5, 5.41) is 1.000. The van der Waals surface area contributed by atoms with Gasteiger partial charge in [0.1, 0.15) is 5.58 Å². The van der Waals surface area contributed by atoms with E-state index in [0.717, 1.165) is 53.7 Å². The van der Waals surface area contributed by atoms with Gasteiger partial charge in [-0.2, -0.15) is 0 Å². The third-order valence-electron chi connectivity index (χ3n) is 4.20. The smallest absolute Gasteiger partial charge is 0.289 e. The molecule has 1 fully saturated rings. The summed E-state index contributed by atoms with van der Waals surface area (Å²) in [6, 6.07) is 5.83. The fourth-order valence-electron chi connectivity index (χ4n) is 2.81. The third kappa shape index (κ3) is 2.72. The molecule has 112 valence electrons. The molecule has 1 aliphatic heterocycles. The van der Waals surface area contributed by atoms with Crippen molar-refractivity contribution >= 4 is 32.8 Å². The second kappa shape index (κ2) is 5.81. The molecule has 1 aromatic heterocycles. The first-order chi connectivity index (χ1) is 10.1. The zero-order valence-corrected chi connectivity index (χ0v) is 13.9. The topological polar surface area (TPSA) is 36.7 Å². The zero-order chi connectivity index (χ0) is 15.0. The molecule has 2 heterocycles. The molecule has 5 heteroatoms. The molecular formula is C16H19BrN2O2. The highest BCUT2D eigenvalue weighted by Gasteiger charge is 2.26. The van der Waals surface area contributed by atoms with E-state index in [0.29, 0.717) is 5.76 Å². The van der Waals surface area contributed by atoms with Gasteiger partial charge in [0.2, 0.25) is 0 Å². The molecule has 0 spiro atoms. The van der Waals surface area contributed by atoms with Crippen molar-refractivity contribution < 1.29 is 9.21 Å². The summed E-state index contributed by atoms with van der Waals surface area (Å²) in [4.78, 5) is 16.9. The van der Waals surface area contributed by atoms with E-state index in [1.165, 1.54) is 0 Å². The van der Waals surface area contributed by atoms with Crippen molar-refractivity contribution in [3.05, 3.63) is 34.0 Å². The number of furan rings is 1. The minimum absolute atomic E-state index is 0.00979. The summed E-state index contributed by atoms with van der Waals surface area (Å²) < 4.78 is 6.79. The van der Waals surface area contributed by atoms with Crippen LogP contribution in [0.25, 0.3) is 11.0 Å². The van der Waals surface area contributed by atoms with Gasteiger partial charge in [-0.3, -0.25) is 4.79 Å². The Labute approximate surface area is 132 Å². The molecule has 0 atom stereocenters. The van der Waals surface area contributed by atoms with Crippen molar-refractivity contribution in [2.24, 2.45) is 0 Å². The molecule has 0 radical (unpaired) electrons. The number of hydrogen-bond donors (Lipinski definition) is 0. The van der Waals surface area contributed by atoms with Crippen LogP contribution in [-0.4, -0.2) is 48.4 Å². The molecule has 1 aromatic carbocycles. The number of hydrogen-bond acceptors (Lipinski definition) is 3. The maximum absolute atomic E-state index is 12.7. The second-order valence-electron chi connectivity index (χ2n) is 5.42. The van der Waals surface area contributed by atoms with Gasteiger partial charge in [0.15, 0.2) is 5.76 Å². The lowest BCUT2D eigenvalue weighted by Crippen LogP contribution is -2.48. The fraction of sp³-hybridized carbons (Fsp3) is 0.438. The number of carbonyl (C=O) groups is 1. The van der Waals surface area contributed by atoms with Crippen LogP contribution >= 0.6 is 15.9 Å². The van der Waals surface area contributed by atoms with Crippen molar-refractivity contribution in [1.29, 1.82) is 0 Å². The number of piperazine rings is 1. The number of benzene rings is 1.